The summed E-state index contributed by atoms with van der Waals surface area (Å²) in [6, 6.07) is 0. The fourth-order valence-corrected chi connectivity index (χ4v) is 8.70. The summed E-state index contributed by atoms with van der Waals surface area (Å²) in [5.41, 5.74) is 0. The minimum Gasteiger partial charge on any atom is -0.756 e. The van der Waals surface area contributed by atoms with Crippen LogP contribution in [0.25, 0.3) is 0 Å². The van der Waals surface area contributed by atoms with Crippen LogP contribution >= 0.6 is 15.6 Å². The fraction of sp³-hybridized carbons (Fsp3) is 1.00. The SMILES string of the molecule is CCCCCCCCCCCCOP(=O)([O-])OCCCCCCCCCCCC.CCCCCCCCCCCCOP(=O)([O-])OCCCCCCCCCCCC.[K+].[Na+]. The Bertz CT molecular complexity index is 748. The summed E-state index contributed by atoms with van der Waals surface area (Å²) in [6.07, 6.45) is 49.0. The third-order valence-electron chi connectivity index (χ3n) is 11.0. The second-order valence-corrected chi connectivity index (χ2v) is 19.8. The Kier molecular flexibility index (Phi) is 67.1. The molecule has 0 aromatic rings. The molecule has 0 radical (unpaired) electrons. The van der Waals surface area contributed by atoms with E-state index in [9.17, 15) is 18.9 Å². The molecule has 0 N–H and O–H groups in total. The molecule has 0 heterocycles. The van der Waals surface area contributed by atoms with Crippen molar-refractivity contribution in [2.75, 3.05) is 26.4 Å². The van der Waals surface area contributed by atoms with E-state index < -0.39 is 15.6 Å². The standard InChI is InChI=1S/2C24H51O4P.K.Na/c2*1-3-5-7-9-11-13-15-17-19-21-23-27-29(25,26)28-24-22-20-18-16-14-12-10-8-6-4-2;;/h2*3-24H2,1-2H3,(H,25,26);;/q;;2*+1/p-2. The fourth-order valence-electron chi connectivity index (χ4n) is 7.14. The summed E-state index contributed by atoms with van der Waals surface area (Å²) in [7, 11) is -8.19. The van der Waals surface area contributed by atoms with Crippen LogP contribution < -0.4 is 90.7 Å². The van der Waals surface area contributed by atoms with Gasteiger partial charge >= 0.3 is 80.9 Å². The number of rotatable bonds is 48. The molecule has 0 atom stereocenters. The molecule has 0 amide bonds. The molecule has 352 valence electrons. The van der Waals surface area contributed by atoms with Crippen molar-refractivity contribution < 1.29 is 118 Å². The second-order valence-electron chi connectivity index (χ2n) is 17.0. The number of hydrogen-bond acceptors (Lipinski definition) is 8. The van der Waals surface area contributed by atoms with Crippen LogP contribution in [0.1, 0.15) is 285 Å². The average molecular weight is 929 g/mol. The molecule has 60 heavy (non-hydrogen) atoms. The number of unbranched alkanes of at least 4 members (excludes halogenated alkanes) is 36. The average Bonchev–Trinajstić information content (AvgIpc) is 3.20. The van der Waals surface area contributed by atoms with Crippen molar-refractivity contribution in [2.45, 2.75) is 285 Å². The Balaban J connectivity index is -0.000000506. The molecule has 0 saturated carbocycles. The molecule has 0 rings (SSSR count). The minimum atomic E-state index is -4.10. The molecule has 0 bridgehead atoms. The van der Waals surface area contributed by atoms with E-state index in [1.54, 1.807) is 0 Å². The summed E-state index contributed by atoms with van der Waals surface area (Å²) in [5, 5.41) is 0. The van der Waals surface area contributed by atoms with Crippen LogP contribution in [-0.2, 0) is 27.2 Å². The van der Waals surface area contributed by atoms with Crippen molar-refractivity contribution in [1.82, 2.24) is 0 Å². The first kappa shape index (κ1) is 69.4. The number of phosphoric acid groups is 2. The van der Waals surface area contributed by atoms with E-state index in [1.165, 1.54) is 205 Å². The summed E-state index contributed by atoms with van der Waals surface area (Å²) >= 11 is 0. The monoisotopic (exact) mass is 929 g/mol. The van der Waals surface area contributed by atoms with Crippen LogP contribution in [-0.4, -0.2) is 26.4 Å². The van der Waals surface area contributed by atoms with Gasteiger partial charge in [0.1, 0.15) is 0 Å². The Morgan fingerprint density at radius 1 is 0.267 bits per heavy atom. The predicted molar refractivity (Wildman–Crippen MR) is 246 cm³/mol. The number of hydrogen-bond donors (Lipinski definition) is 0. The van der Waals surface area contributed by atoms with Gasteiger partial charge in [-0.1, -0.05) is 259 Å². The Hall–Kier alpha value is 2.86. The van der Waals surface area contributed by atoms with E-state index in [0.29, 0.717) is 0 Å². The third kappa shape index (κ3) is 62.9. The van der Waals surface area contributed by atoms with Gasteiger partial charge in [0.2, 0.25) is 0 Å². The zero-order valence-corrected chi connectivity index (χ0v) is 48.2. The molecular formula is C48H100KNaO8P2. The first-order valence-electron chi connectivity index (χ1n) is 25.4. The minimum absolute atomic E-state index is 0. The molecule has 0 saturated heterocycles. The van der Waals surface area contributed by atoms with Gasteiger partial charge in [-0.25, -0.2) is 0 Å². The van der Waals surface area contributed by atoms with Crippen molar-refractivity contribution in [1.29, 1.82) is 0 Å². The number of phosphoric ester groups is 2. The quantitative estimate of drug-likeness (QED) is 0.0336. The topological polar surface area (TPSA) is 117 Å². The summed E-state index contributed by atoms with van der Waals surface area (Å²) in [6.45, 7) is 10.0. The Morgan fingerprint density at radius 3 is 0.517 bits per heavy atom. The van der Waals surface area contributed by atoms with Crippen LogP contribution in [0.15, 0.2) is 0 Å². The van der Waals surface area contributed by atoms with E-state index in [1.807, 2.05) is 0 Å². The summed E-state index contributed by atoms with van der Waals surface area (Å²) < 4.78 is 43.4. The van der Waals surface area contributed by atoms with Crippen molar-refractivity contribution >= 4 is 15.6 Å². The van der Waals surface area contributed by atoms with Gasteiger partial charge in [0.25, 0.3) is 15.6 Å². The molecular weight excluding hydrogens is 829 g/mol. The van der Waals surface area contributed by atoms with Crippen LogP contribution in [0.4, 0.5) is 0 Å². The third-order valence-corrected chi connectivity index (χ3v) is 13.0. The normalized spacial score (nSPS) is 11.6. The summed E-state index contributed by atoms with van der Waals surface area (Å²) in [5.74, 6) is 0. The van der Waals surface area contributed by atoms with Gasteiger partial charge in [0.15, 0.2) is 0 Å². The maximum Gasteiger partial charge on any atom is 1.00 e. The first-order valence-corrected chi connectivity index (χ1v) is 28.4. The van der Waals surface area contributed by atoms with E-state index in [0.717, 1.165) is 51.4 Å². The van der Waals surface area contributed by atoms with Gasteiger partial charge in [-0.3, -0.25) is 9.13 Å². The Labute approximate surface area is 439 Å². The zero-order chi connectivity index (χ0) is 42.9. The second kappa shape index (κ2) is 58.0. The molecule has 0 aliphatic rings. The molecule has 0 fully saturated rings. The van der Waals surface area contributed by atoms with Gasteiger partial charge in [0, 0.05) is 0 Å². The molecule has 8 nitrogen and oxygen atoms in total. The molecule has 0 aliphatic carbocycles. The maximum absolute atomic E-state index is 11.7. The van der Waals surface area contributed by atoms with Gasteiger partial charge in [-0.05, 0) is 25.7 Å². The Morgan fingerprint density at radius 2 is 0.383 bits per heavy atom. The molecule has 0 aromatic carbocycles. The van der Waals surface area contributed by atoms with Crippen molar-refractivity contribution in [3.8, 4) is 0 Å². The molecule has 12 heteroatoms. The summed E-state index contributed by atoms with van der Waals surface area (Å²) in [4.78, 5) is 23.5. The van der Waals surface area contributed by atoms with Gasteiger partial charge in [-0.15, -0.1) is 0 Å². The van der Waals surface area contributed by atoms with Crippen LogP contribution in [0, 0.1) is 0 Å². The van der Waals surface area contributed by atoms with Gasteiger partial charge in [0.05, 0.1) is 26.4 Å². The zero-order valence-electron chi connectivity index (χ0n) is 41.3. The van der Waals surface area contributed by atoms with Crippen LogP contribution in [0.2, 0.25) is 0 Å². The molecule has 0 aromatic heterocycles. The van der Waals surface area contributed by atoms with E-state index in [-0.39, 0.29) is 107 Å². The maximum atomic E-state index is 11.7. The largest absolute Gasteiger partial charge is 1.00 e. The van der Waals surface area contributed by atoms with Gasteiger partial charge < -0.3 is 27.9 Å². The smallest absolute Gasteiger partial charge is 0.756 e. The van der Waals surface area contributed by atoms with Crippen molar-refractivity contribution in [3.63, 3.8) is 0 Å². The predicted octanol–water partition coefficient (Wildman–Crippen LogP) is 10.7. The molecule has 0 unspecified atom stereocenters. The van der Waals surface area contributed by atoms with E-state index in [2.05, 4.69) is 27.7 Å². The first-order chi connectivity index (χ1) is 28.2. The van der Waals surface area contributed by atoms with Crippen LogP contribution in [0.5, 0.6) is 0 Å². The van der Waals surface area contributed by atoms with Crippen molar-refractivity contribution in [3.05, 3.63) is 0 Å². The molecule has 0 aliphatic heterocycles. The van der Waals surface area contributed by atoms with Crippen molar-refractivity contribution in [2.24, 2.45) is 0 Å². The van der Waals surface area contributed by atoms with Crippen LogP contribution in [0.3, 0.4) is 0 Å². The van der Waals surface area contributed by atoms with E-state index >= 15 is 0 Å². The van der Waals surface area contributed by atoms with Gasteiger partial charge in [-0.2, -0.15) is 0 Å². The molecule has 0 spiro atoms. The van der Waals surface area contributed by atoms with E-state index in [4.69, 9.17) is 18.1 Å².